The lowest BCUT2D eigenvalue weighted by Crippen LogP contribution is -2.22. The van der Waals surface area contributed by atoms with Gasteiger partial charge in [0.25, 0.3) is 5.91 Å². The Hall–Kier alpha value is -1.55. The third kappa shape index (κ3) is 2.47. The van der Waals surface area contributed by atoms with Crippen LogP contribution < -0.4 is 5.73 Å². The minimum absolute atomic E-state index is 0.212. The van der Waals surface area contributed by atoms with Crippen LogP contribution in [-0.2, 0) is 0 Å². The summed E-state index contributed by atoms with van der Waals surface area (Å²) in [5.41, 5.74) is 5.72. The summed E-state index contributed by atoms with van der Waals surface area (Å²) in [6.07, 6.45) is 0. The van der Waals surface area contributed by atoms with E-state index in [2.05, 4.69) is 0 Å². The molecule has 0 heterocycles. The summed E-state index contributed by atoms with van der Waals surface area (Å²) < 4.78 is 0. The molecule has 0 aromatic heterocycles. The number of nitrogens with zero attached hydrogens (tertiary/aromatic N) is 1. The van der Waals surface area contributed by atoms with Gasteiger partial charge in [-0.05, 0) is 18.2 Å². The molecule has 1 aromatic carbocycles. The van der Waals surface area contributed by atoms with Gasteiger partial charge < -0.3 is 10.6 Å². The van der Waals surface area contributed by atoms with Gasteiger partial charge in [-0.2, -0.15) is 0 Å². The van der Waals surface area contributed by atoms with E-state index in [-0.39, 0.29) is 16.5 Å². The molecule has 2 amide bonds. The molecule has 2 N–H and O–H groups in total. The third-order valence-corrected chi connectivity index (χ3v) is 2.20. The predicted octanol–water partition coefficient (Wildman–Crippen LogP) is 1.14. The maximum atomic E-state index is 11.6. The standard InChI is InChI=1S/C10H11ClN2O2/c1-13(2)10(15)7-4-3-6(9(12)14)5-8(7)11/h3-5H,1-2H3,(H2,12,14). The average molecular weight is 227 g/mol. The average Bonchev–Trinajstić information content (AvgIpc) is 2.16. The van der Waals surface area contributed by atoms with Crippen molar-refractivity contribution in [1.29, 1.82) is 0 Å². The van der Waals surface area contributed by atoms with Gasteiger partial charge in [0.1, 0.15) is 0 Å². The third-order valence-electron chi connectivity index (χ3n) is 1.89. The molecule has 0 saturated heterocycles. The van der Waals surface area contributed by atoms with Crippen molar-refractivity contribution in [2.45, 2.75) is 0 Å². The summed E-state index contributed by atoms with van der Waals surface area (Å²) in [5.74, 6) is -0.781. The first kappa shape index (κ1) is 11.5. The molecule has 0 aliphatic rings. The molecule has 15 heavy (non-hydrogen) atoms. The fourth-order valence-electron chi connectivity index (χ4n) is 1.08. The van der Waals surface area contributed by atoms with Gasteiger partial charge in [-0.25, -0.2) is 0 Å². The second kappa shape index (κ2) is 4.31. The van der Waals surface area contributed by atoms with Crippen molar-refractivity contribution in [3.8, 4) is 0 Å². The van der Waals surface area contributed by atoms with Crippen LogP contribution >= 0.6 is 11.6 Å². The van der Waals surface area contributed by atoms with E-state index in [1.54, 1.807) is 14.1 Å². The molecule has 1 aromatic rings. The largest absolute Gasteiger partial charge is 0.366 e. The second-order valence-corrected chi connectivity index (χ2v) is 3.67. The van der Waals surface area contributed by atoms with Gasteiger partial charge in [-0.3, -0.25) is 9.59 Å². The molecule has 0 aliphatic heterocycles. The quantitative estimate of drug-likeness (QED) is 0.822. The lowest BCUT2D eigenvalue weighted by atomic mass is 10.1. The Morgan fingerprint density at radius 2 is 1.93 bits per heavy atom. The van der Waals surface area contributed by atoms with Crippen LogP contribution in [0.4, 0.5) is 0 Å². The number of amides is 2. The van der Waals surface area contributed by atoms with E-state index in [1.807, 2.05) is 0 Å². The molecule has 0 atom stereocenters. The molecule has 4 nitrogen and oxygen atoms in total. The highest BCUT2D eigenvalue weighted by Crippen LogP contribution is 2.18. The van der Waals surface area contributed by atoms with Crippen molar-refractivity contribution in [3.05, 3.63) is 34.3 Å². The topological polar surface area (TPSA) is 63.4 Å². The number of benzene rings is 1. The van der Waals surface area contributed by atoms with Crippen LogP contribution in [0.5, 0.6) is 0 Å². The fourth-order valence-corrected chi connectivity index (χ4v) is 1.34. The molecule has 0 radical (unpaired) electrons. The monoisotopic (exact) mass is 226 g/mol. The van der Waals surface area contributed by atoms with Gasteiger partial charge in [0.15, 0.2) is 0 Å². The van der Waals surface area contributed by atoms with Crippen LogP contribution in [0.2, 0.25) is 5.02 Å². The molecule has 0 unspecified atom stereocenters. The molecule has 0 aliphatic carbocycles. The van der Waals surface area contributed by atoms with Crippen LogP contribution in [0.1, 0.15) is 20.7 Å². The molecule has 5 heteroatoms. The first-order valence-electron chi connectivity index (χ1n) is 4.24. The van der Waals surface area contributed by atoms with E-state index in [0.29, 0.717) is 5.56 Å². The van der Waals surface area contributed by atoms with Gasteiger partial charge in [0.05, 0.1) is 10.6 Å². The Morgan fingerprint density at radius 3 is 2.33 bits per heavy atom. The summed E-state index contributed by atoms with van der Waals surface area (Å²) >= 11 is 5.86. The molecule has 0 bridgehead atoms. The van der Waals surface area contributed by atoms with Crippen LogP contribution in [0, 0.1) is 0 Å². The van der Waals surface area contributed by atoms with E-state index in [1.165, 1.54) is 23.1 Å². The van der Waals surface area contributed by atoms with Crippen molar-refractivity contribution in [3.63, 3.8) is 0 Å². The maximum absolute atomic E-state index is 11.6. The summed E-state index contributed by atoms with van der Waals surface area (Å²) in [6, 6.07) is 4.36. The van der Waals surface area contributed by atoms with E-state index in [0.717, 1.165) is 0 Å². The minimum atomic E-state index is -0.569. The normalized spacial score (nSPS) is 9.80. The molecule has 0 fully saturated rings. The number of halogens is 1. The molecular formula is C10H11ClN2O2. The number of hydrogen-bond donors (Lipinski definition) is 1. The number of rotatable bonds is 2. The highest BCUT2D eigenvalue weighted by molar-refractivity contribution is 6.34. The van der Waals surface area contributed by atoms with Crippen LogP contribution in [0.15, 0.2) is 18.2 Å². The van der Waals surface area contributed by atoms with Crippen molar-refractivity contribution >= 4 is 23.4 Å². The van der Waals surface area contributed by atoms with Gasteiger partial charge in [0, 0.05) is 19.7 Å². The molecule has 0 spiro atoms. The van der Waals surface area contributed by atoms with Crippen molar-refractivity contribution < 1.29 is 9.59 Å². The van der Waals surface area contributed by atoms with E-state index >= 15 is 0 Å². The highest BCUT2D eigenvalue weighted by Gasteiger charge is 2.13. The maximum Gasteiger partial charge on any atom is 0.254 e. The number of carbonyl (C=O) groups is 2. The van der Waals surface area contributed by atoms with E-state index in [9.17, 15) is 9.59 Å². The van der Waals surface area contributed by atoms with Gasteiger partial charge >= 0.3 is 0 Å². The Kier molecular flexibility index (Phi) is 3.31. The molecule has 80 valence electrons. The SMILES string of the molecule is CN(C)C(=O)c1ccc(C(N)=O)cc1Cl. The first-order valence-corrected chi connectivity index (χ1v) is 4.62. The zero-order valence-electron chi connectivity index (χ0n) is 8.45. The van der Waals surface area contributed by atoms with Crippen LogP contribution in [0.25, 0.3) is 0 Å². The number of nitrogens with two attached hydrogens (primary N) is 1. The lowest BCUT2D eigenvalue weighted by molar-refractivity contribution is 0.0827. The van der Waals surface area contributed by atoms with E-state index in [4.69, 9.17) is 17.3 Å². The van der Waals surface area contributed by atoms with Crippen molar-refractivity contribution in [2.75, 3.05) is 14.1 Å². The highest BCUT2D eigenvalue weighted by atomic mass is 35.5. The molecule has 1 rings (SSSR count). The van der Waals surface area contributed by atoms with Gasteiger partial charge in [0.2, 0.25) is 5.91 Å². The Labute approximate surface area is 92.6 Å². The minimum Gasteiger partial charge on any atom is -0.366 e. The summed E-state index contributed by atoms with van der Waals surface area (Å²) in [7, 11) is 3.25. The lowest BCUT2D eigenvalue weighted by Gasteiger charge is -2.11. The fraction of sp³-hybridized carbons (Fsp3) is 0.200. The summed E-state index contributed by atoms with van der Waals surface area (Å²) in [6.45, 7) is 0. The zero-order chi connectivity index (χ0) is 11.6. The Balaban J connectivity index is 3.14. The van der Waals surface area contributed by atoms with E-state index < -0.39 is 5.91 Å². The predicted molar refractivity (Wildman–Crippen MR) is 58.0 cm³/mol. The van der Waals surface area contributed by atoms with Crippen molar-refractivity contribution in [2.24, 2.45) is 5.73 Å². The number of carbonyl (C=O) groups excluding carboxylic acids is 2. The Bertz CT molecular complexity index is 416. The Morgan fingerprint density at radius 1 is 1.33 bits per heavy atom. The summed E-state index contributed by atoms with van der Waals surface area (Å²) in [4.78, 5) is 23.8. The molecule has 0 saturated carbocycles. The van der Waals surface area contributed by atoms with Crippen molar-refractivity contribution in [1.82, 2.24) is 4.90 Å². The van der Waals surface area contributed by atoms with Gasteiger partial charge in [-0.15, -0.1) is 0 Å². The second-order valence-electron chi connectivity index (χ2n) is 3.26. The first-order chi connectivity index (χ1) is 6.93. The molecular weight excluding hydrogens is 216 g/mol. The van der Waals surface area contributed by atoms with Crippen LogP contribution in [-0.4, -0.2) is 30.8 Å². The number of primary amides is 1. The summed E-state index contributed by atoms with van der Waals surface area (Å²) in [5, 5.41) is 0.227. The number of hydrogen-bond acceptors (Lipinski definition) is 2. The van der Waals surface area contributed by atoms with Crippen LogP contribution in [0.3, 0.4) is 0 Å². The van der Waals surface area contributed by atoms with Gasteiger partial charge in [-0.1, -0.05) is 11.6 Å². The smallest absolute Gasteiger partial charge is 0.254 e. The zero-order valence-corrected chi connectivity index (χ0v) is 9.21.